The van der Waals surface area contributed by atoms with Crippen LogP contribution in [0, 0.1) is 0 Å². The molecule has 0 bridgehead atoms. The van der Waals surface area contributed by atoms with Crippen LogP contribution in [0.3, 0.4) is 0 Å². The normalized spacial score (nSPS) is 14.0. The minimum Gasteiger partial charge on any atom is -0.480 e. The molecule has 1 unspecified atom stereocenters. The highest BCUT2D eigenvalue weighted by Crippen LogP contribution is 2.16. The van der Waals surface area contributed by atoms with E-state index in [2.05, 4.69) is 38.0 Å². The predicted octanol–water partition coefficient (Wildman–Crippen LogP) is 1.95. The molecule has 0 saturated carbocycles. The number of carboxylic acid groups (broad SMARTS) is 1. The van der Waals surface area contributed by atoms with E-state index < -0.39 is 12.0 Å². The van der Waals surface area contributed by atoms with Gasteiger partial charge in [-0.25, -0.2) is 0 Å². The molecule has 0 aromatic carbocycles. The maximum atomic E-state index is 11.1. The summed E-state index contributed by atoms with van der Waals surface area (Å²) in [6, 6.07) is -0.426. The first kappa shape index (κ1) is 16.4. The van der Waals surface area contributed by atoms with Crippen molar-refractivity contribution in [2.24, 2.45) is 0 Å². The Labute approximate surface area is 105 Å². The van der Waals surface area contributed by atoms with Crippen LogP contribution in [0.5, 0.6) is 0 Å². The summed E-state index contributed by atoms with van der Waals surface area (Å²) in [5, 5.41) is 12.2. The zero-order chi connectivity index (χ0) is 13.5. The summed E-state index contributed by atoms with van der Waals surface area (Å²) in [5.41, 5.74) is 0.133. The number of nitrogens with one attached hydrogen (secondary N) is 1. The lowest BCUT2D eigenvalue weighted by molar-refractivity contribution is -0.139. The summed E-state index contributed by atoms with van der Waals surface area (Å²) in [5.74, 6) is -0.749. The highest BCUT2D eigenvalue weighted by atomic mass is 16.4. The standard InChI is InChI=1S/C13H28N2O2/c1-6-9-14-11(12(16)17)8-10-15(5)13(3,4)7-2/h11,14H,6-10H2,1-5H3,(H,16,17). The Morgan fingerprint density at radius 3 is 2.41 bits per heavy atom. The van der Waals surface area contributed by atoms with Crippen molar-refractivity contribution >= 4 is 5.97 Å². The van der Waals surface area contributed by atoms with Gasteiger partial charge < -0.3 is 15.3 Å². The zero-order valence-electron chi connectivity index (χ0n) is 11.9. The van der Waals surface area contributed by atoms with Crippen LogP contribution in [-0.2, 0) is 4.79 Å². The van der Waals surface area contributed by atoms with Gasteiger partial charge in [0.2, 0.25) is 0 Å². The van der Waals surface area contributed by atoms with Crippen molar-refractivity contribution in [1.82, 2.24) is 10.2 Å². The topological polar surface area (TPSA) is 52.6 Å². The first-order valence-corrected chi connectivity index (χ1v) is 6.52. The molecule has 0 amide bonds. The fourth-order valence-corrected chi connectivity index (χ4v) is 1.53. The van der Waals surface area contributed by atoms with Gasteiger partial charge in [-0.1, -0.05) is 13.8 Å². The van der Waals surface area contributed by atoms with E-state index in [-0.39, 0.29) is 5.54 Å². The number of carbonyl (C=O) groups is 1. The third-order valence-electron chi connectivity index (χ3n) is 3.59. The van der Waals surface area contributed by atoms with Gasteiger partial charge in [0.15, 0.2) is 0 Å². The maximum Gasteiger partial charge on any atom is 0.320 e. The lowest BCUT2D eigenvalue weighted by atomic mass is 9.99. The quantitative estimate of drug-likeness (QED) is 0.651. The largest absolute Gasteiger partial charge is 0.480 e. The molecule has 0 aliphatic rings. The molecule has 0 heterocycles. The second-order valence-corrected chi connectivity index (χ2v) is 5.22. The van der Waals surface area contributed by atoms with Crippen molar-refractivity contribution in [2.75, 3.05) is 20.1 Å². The lowest BCUT2D eigenvalue weighted by Crippen LogP contribution is -2.45. The molecule has 0 saturated heterocycles. The first-order valence-electron chi connectivity index (χ1n) is 6.52. The number of hydrogen-bond acceptors (Lipinski definition) is 3. The molecule has 2 N–H and O–H groups in total. The Hall–Kier alpha value is -0.610. The molecule has 4 heteroatoms. The number of nitrogens with zero attached hydrogens (tertiary/aromatic N) is 1. The van der Waals surface area contributed by atoms with E-state index in [9.17, 15) is 4.79 Å². The van der Waals surface area contributed by atoms with Gasteiger partial charge in [0, 0.05) is 12.1 Å². The molecule has 0 aliphatic heterocycles. The Bertz CT molecular complexity index is 229. The molecule has 0 radical (unpaired) electrons. The van der Waals surface area contributed by atoms with Crippen molar-refractivity contribution < 1.29 is 9.90 Å². The van der Waals surface area contributed by atoms with Crippen LogP contribution in [0.1, 0.15) is 47.0 Å². The molecule has 0 rings (SSSR count). The summed E-state index contributed by atoms with van der Waals surface area (Å²) in [7, 11) is 2.06. The fraction of sp³-hybridized carbons (Fsp3) is 0.923. The molecule has 102 valence electrons. The van der Waals surface area contributed by atoms with Crippen molar-refractivity contribution in [3.63, 3.8) is 0 Å². The van der Waals surface area contributed by atoms with Gasteiger partial charge in [-0.2, -0.15) is 0 Å². The molecular weight excluding hydrogens is 216 g/mol. The summed E-state index contributed by atoms with van der Waals surface area (Å²) in [4.78, 5) is 13.3. The van der Waals surface area contributed by atoms with Crippen molar-refractivity contribution in [3.8, 4) is 0 Å². The molecular formula is C13H28N2O2. The van der Waals surface area contributed by atoms with Crippen LogP contribution in [0.2, 0.25) is 0 Å². The fourth-order valence-electron chi connectivity index (χ4n) is 1.53. The van der Waals surface area contributed by atoms with Crippen LogP contribution >= 0.6 is 0 Å². The molecule has 0 aromatic rings. The minimum atomic E-state index is -0.749. The van der Waals surface area contributed by atoms with Gasteiger partial charge in [0.1, 0.15) is 6.04 Å². The van der Waals surface area contributed by atoms with E-state index in [1.807, 2.05) is 6.92 Å². The van der Waals surface area contributed by atoms with Crippen LogP contribution in [-0.4, -0.2) is 47.7 Å². The minimum absolute atomic E-state index is 0.133. The van der Waals surface area contributed by atoms with Gasteiger partial charge in [-0.05, 0) is 46.7 Å². The van der Waals surface area contributed by atoms with Crippen LogP contribution in [0.15, 0.2) is 0 Å². The Balaban J connectivity index is 4.16. The number of hydrogen-bond donors (Lipinski definition) is 2. The summed E-state index contributed by atoms with van der Waals surface area (Å²) < 4.78 is 0. The Morgan fingerprint density at radius 2 is 2.00 bits per heavy atom. The summed E-state index contributed by atoms with van der Waals surface area (Å²) in [6.07, 6.45) is 2.67. The maximum absolute atomic E-state index is 11.1. The highest BCUT2D eigenvalue weighted by molar-refractivity contribution is 5.73. The van der Waals surface area contributed by atoms with Crippen LogP contribution in [0.25, 0.3) is 0 Å². The van der Waals surface area contributed by atoms with Gasteiger partial charge in [-0.15, -0.1) is 0 Å². The van der Waals surface area contributed by atoms with Gasteiger partial charge >= 0.3 is 5.97 Å². The van der Waals surface area contributed by atoms with Crippen molar-refractivity contribution in [3.05, 3.63) is 0 Å². The second kappa shape index (κ2) is 7.67. The van der Waals surface area contributed by atoms with Crippen LogP contribution < -0.4 is 5.32 Å². The average molecular weight is 244 g/mol. The molecule has 0 aromatic heterocycles. The number of aliphatic carboxylic acids is 1. The molecule has 17 heavy (non-hydrogen) atoms. The molecule has 0 aliphatic carbocycles. The number of carboxylic acids is 1. The summed E-state index contributed by atoms with van der Waals surface area (Å²) in [6.45, 7) is 10.1. The summed E-state index contributed by atoms with van der Waals surface area (Å²) >= 11 is 0. The molecule has 4 nitrogen and oxygen atoms in total. The second-order valence-electron chi connectivity index (χ2n) is 5.22. The third-order valence-corrected chi connectivity index (χ3v) is 3.59. The van der Waals surface area contributed by atoms with E-state index in [1.165, 1.54) is 0 Å². The van der Waals surface area contributed by atoms with Crippen molar-refractivity contribution in [1.29, 1.82) is 0 Å². The predicted molar refractivity (Wildman–Crippen MR) is 71.3 cm³/mol. The van der Waals surface area contributed by atoms with E-state index in [0.29, 0.717) is 6.42 Å². The number of rotatable bonds is 9. The van der Waals surface area contributed by atoms with E-state index in [4.69, 9.17) is 5.11 Å². The highest BCUT2D eigenvalue weighted by Gasteiger charge is 2.23. The van der Waals surface area contributed by atoms with E-state index in [1.54, 1.807) is 0 Å². The third kappa shape index (κ3) is 6.03. The smallest absolute Gasteiger partial charge is 0.320 e. The van der Waals surface area contributed by atoms with Gasteiger partial charge in [-0.3, -0.25) is 4.79 Å². The Morgan fingerprint density at radius 1 is 1.41 bits per heavy atom. The monoisotopic (exact) mass is 244 g/mol. The molecule has 1 atom stereocenters. The average Bonchev–Trinajstić information content (AvgIpc) is 2.28. The molecule has 0 spiro atoms. The van der Waals surface area contributed by atoms with Gasteiger partial charge in [0.05, 0.1) is 0 Å². The first-order chi connectivity index (χ1) is 7.85. The Kier molecular flexibility index (Phi) is 7.39. The van der Waals surface area contributed by atoms with E-state index in [0.717, 1.165) is 25.9 Å². The van der Waals surface area contributed by atoms with Gasteiger partial charge in [0.25, 0.3) is 0 Å². The SMILES string of the molecule is CCCNC(CCN(C)C(C)(C)CC)C(=O)O. The lowest BCUT2D eigenvalue weighted by Gasteiger charge is -2.35. The van der Waals surface area contributed by atoms with E-state index >= 15 is 0 Å². The van der Waals surface area contributed by atoms with Crippen molar-refractivity contribution in [2.45, 2.75) is 58.5 Å². The van der Waals surface area contributed by atoms with Crippen LogP contribution in [0.4, 0.5) is 0 Å². The zero-order valence-corrected chi connectivity index (χ0v) is 11.9. The molecule has 0 fully saturated rings.